The van der Waals surface area contributed by atoms with Gasteiger partial charge >= 0.3 is 0 Å². The van der Waals surface area contributed by atoms with Crippen LogP contribution in [0.4, 0.5) is 0 Å². The van der Waals surface area contributed by atoms with Crippen LogP contribution in [0.1, 0.15) is 22.5 Å². The molecule has 1 aliphatic rings. The van der Waals surface area contributed by atoms with Crippen molar-refractivity contribution in [3.8, 4) is 0 Å². The van der Waals surface area contributed by atoms with Crippen molar-refractivity contribution in [3.05, 3.63) is 19.2 Å². The van der Waals surface area contributed by atoms with Gasteiger partial charge in [-0.15, -0.1) is 11.3 Å². The number of rotatable bonds is 3. The number of likely N-dealkylation sites (tertiary alicyclic amines) is 1. The van der Waals surface area contributed by atoms with Crippen molar-refractivity contribution < 1.29 is 10.0 Å². The van der Waals surface area contributed by atoms with Gasteiger partial charge < -0.3 is 21.2 Å². The van der Waals surface area contributed by atoms with E-state index in [1.807, 2.05) is 7.05 Å². The molecule has 1 aromatic heterocycles. The van der Waals surface area contributed by atoms with Crippen LogP contribution < -0.4 is 11.1 Å². The van der Waals surface area contributed by atoms with Crippen LogP contribution in [0, 0.1) is 0 Å². The number of piperidine rings is 1. The molecule has 21 heavy (non-hydrogen) atoms. The second kappa shape index (κ2) is 6.64. The van der Waals surface area contributed by atoms with Crippen molar-refractivity contribution in [2.24, 2.45) is 10.9 Å². The van der Waals surface area contributed by atoms with E-state index in [2.05, 4.69) is 47.2 Å². The third-order valence-electron chi connectivity index (χ3n) is 3.66. The molecule has 0 atom stereocenters. The molecule has 0 radical (unpaired) electrons. The molecular weight excluding hydrogens is 424 g/mol. The Bertz CT molecular complexity index is 548. The average Bonchev–Trinajstić information content (AvgIpc) is 2.80. The number of oxime groups is 1. The molecule has 0 saturated carbocycles. The fraction of sp³-hybridized carbons (Fsp3) is 0.500. The number of carbonyl (C=O) groups is 1. The lowest BCUT2D eigenvalue weighted by atomic mass is 9.86. The Kier molecular flexibility index (Phi) is 5.29. The standard InChI is InChI=1S/C12H16Br2N4O2S/c1-18-4-2-12(3-5-18,11(15)17-20)16-10(19)8-6-7(13)9(14)21-8/h6,20H,2-5H2,1H3,(H2,15,17)(H,16,19). The molecular formula is C12H16Br2N4O2S. The van der Waals surface area contributed by atoms with Crippen molar-refractivity contribution in [1.82, 2.24) is 10.2 Å². The minimum absolute atomic E-state index is 0.0543. The summed E-state index contributed by atoms with van der Waals surface area (Å²) in [5, 5.41) is 15.1. The average molecular weight is 440 g/mol. The Balaban J connectivity index is 2.21. The third-order valence-corrected chi connectivity index (χ3v) is 6.92. The zero-order valence-electron chi connectivity index (χ0n) is 11.4. The third kappa shape index (κ3) is 3.58. The minimum atomic E-state index is -0.790. The number of hydrogen-bond donors (Lipinski definition) is 3. The Labute approximate surface area is 143 Å². The summed E-state index contributed by atoms with van der Waals surface area (Å²) < 4.78 is 1.69. The van der Waals surface area contributed by atoms with Crippen LogP contribution in [-0.2, 0) is 0 Å². The first kappa shape index (κ1) is 16.7. The normalized spacial score (nSPS) is 19.5. The molecule has 4 N–H and O–H groups in total. The fourth-order valence-corrected chi connectivity index (χ4v) is 4.21. The lowest BCUT2D eigenvalue weighted by Crippen LogP contribution is -2.62. The Morgan fingerprint density at radius 2 is 2.14 bits per heavy atom. The summed E-state index contributed by atoms with van der Waals surface area (Å²) in [6.07, 6.45) is 1.22. The van der Waals surface area contributed by atoms with E-state index in [4.69, 9.17) is 10.9 Å². The Hall–Kier alpha value is -0.640. The van der Waals surface area contributed by atoms with E-state index in [1.165, 1.54) is 11.3 Å². The highest BCUT2D eigenvalue weighted by atomic mass is 79.9. The SMILES string of the molecule is CN1CCC(NC(=O)c2cc(Br)c(Br)s2)(C(N)=NO)CC1. The number of thiophene rings is 1. The molecule has 9 heteroatoms. The maximum Gasteiger partial charge on any atom is 0.262 e. The van der Waals surface area contributed by atoms with Crippen LogP contribution in [-0.4, -0.2) is 47.5 Å². The molecule has 2 heterocycles. The van der Waals surface area contributed by atoms with Crippen LogP contribution in [0.2, 0.25) is 0 Å². The van der Waals surface area contributed by atoms with E-state index in [9.17, 15) is 4.79 Å². The van der Waals surface area contributed by atoms with E-state index in [0.29, 0.717) is 17.7 Å². The number of halogens is 2. The number of amides is 1. The predicted molar refractivity (Wildman–Crippen MR) is 90.1 cm³/mol. The van der Waals surface area contributed by atoms with Crippen LogP contribution >= 0.6 is 43.2 Å². The molecule has 1 saturated heterocycles. The summed E-state index contributed by atoms with van der Waals surface area (Å²) in [5.41, 5.74) is 5.05. The van der Waals surface area contributed by atoms with Crippen LogP contribution in [0.5, 0.6) is 0 Å². The lowest BCUT2D eigenvalue weighted by molar-refractivity contribution is 0.0890. The van der Waals surface area contributed by atoms with Gasteiger partial charge in [0, 0.05) is 17.6 Å². The Morgan fingerprint density at radius 1 is 1.52 bits per heavy atom. The smallest absolute Gasteiger partial charge is 0.262 e. The molecule has 116 valence electrons. The number of amidine groups is 1. The number of carbonyl (C=O) groups excluding carboxylic acids is 1. The molecule has 1 aromatic rings. The van der Waals surface area contributed by atoms with Crippen molar-refractivity contribution in [2.75, 3.05) is 20.1 Å². The van der Waals surface area contributed by atoms with E-state index in [0.717, 1.165) is 21.3 Å². The lowest BCUT2D eigenvalue weighted by Gasteiger charge is -2.40. The summed E-state index contributed by atoms with van der Waals surface area (Å²) in [7, 11) is 2.01. The maximum absolute atomic E-state index is 12.4. The summed E-state index contributed by atoms with van der Waals surface area (Å²) >= 11 is 8.07. The molecule has 0 unspecified atom stereocenters. The van der Waals surface area contributed by atoms with Crippen LogP contribution in [0.15, 0.2) is 19.5 Å². The maximum atomic E-state index is 12.4. The zero-order valence-corrected chi connectivity index (χ0v) is 15.4. The van der Waals surface area contributed by atoms with E-state index < -0.39 is 5.54 Å². The van der Waals surface area contributed by atoms with E-state index >= 15 is 0 Å². The quantitative estimate of drug-likeness (QED) is 0.291. The molecule has 1 aliphatic heterocycles. The van der Waals surface area contributed by atoms with Gasteiger partial charge in [0.2, 0.25) is 0 Å². The van der Waals surface area contributed by atoms with Gasteiger partial charge in [-0.2, -0.15) is 0 Å². The van der Waals surface area contributed by atoms with Crippen molar-refractivity contribution >= 4 is 54.9 Å². The minimum Gasteiger partial charge on any atom is -0.409 e. The van der Waals surface area contributed by atoms with Crippen LogP contribution in [0.3, 0.4) is 0 Å². The van der Waals surface area contributed by atoms with E-state index in [1.54, 1.807) is 6.07 Å². The van der Waals surface area contributed by atoms with Gasteiger partial charge in [0.05, 0.1) is 8.66 Å². The molecule has 0 aromatic carbocycles. The van der Waals surface area contributed by atoms with Gasteiger partial charge in [-0.05, 0) is 57.8 Å². The van der Waals surface area contributed by atoms with Gasteiger partial charge in [0.15, 0.2) is 5.84 Å². The molecule has 0 spiro atoms. The van der Waals surface area contributed by atoms with Gasteiger partial charge in [-0.1, -0.05) is 5.16 Å². The zero-order chi connectivity index (χ0) is 15.6. The Morgan fingerprint density at radius 3 is 2.62 bits per heavy atom. The molecule has 2 rings (SSSR count). The van der Waals surface area contributed by atoms with Gasteiger partial charge in [-0.25, -0.2) is 0 Å². The first-order valence-electron chi connectivity index (χ1n) is 6.32. The summed E-state index contributed by atoms with van der Waals surface area (Å²) in [6.45, 7) is 1.54. The van der Waals surface area contributed by atoms with Gasteiger partial charge in [0.1, 0.15) is 5.54 Å². The van der Waals surface area contributed by atoms with Crippen LogP contribution in [0.25, 0.3) is 0 Å². The van der Waals surface area contributed by atoms with E-state index in [-0.39, 0.29) is 11.7 Å². The van der Waals surface area contributed by atoms with Crippen molar-refractivity contribution in [1.29, 1.82) is 0 Å². The molecule has 1 amide bonds. The predicted octanol–water partition coefficient (Wildman–Crippen LogP) is 2.21. The topological polar surface area (TPSA) is 91.0 Å². The highest BCUT2D eigenvalue weighted by Crippen LogP contribution is 2.33. The van der Waals surface area contributed by atoms with Gasteiger partial charge in [0.25, 0.3) is 5.91 Å². The highest BCUT2D eigenvalue weighted by Gasteiger charge is 2.40. The molecule has 0 bridgehead atoms. The molecule has 1 fully saturated rings. The number of nitrogens with two attached hydrogens (primary N) is 1. The monoisotopic (exact) mass is 438 g/mol. The first-order valence-corrected chi connectivity index (χ1v) is 8.72. The van der Waals surface area contributed by atoms with Crippen molar-refractivity contribution in [3.63, 3.8) is 0 Å². The molecule has 6 nitrogen and oxygen atoms in total. The molecule has 0 aliphatic carbocycles. The summed E-state index contributed by atoms with van der Waals surface area (Å²) in [6, 6.07) is 1.75. The summed E-state index contributed by atoms with van der Waals surface area (Å²) in [5.74, 6) is -0.166. The summed E-state index contributed by atoms with van der Waals surface area (Å²) in [4.78, 5) is 15.2. The van der Waals surface area contributed by atoms with Gasteiger partial charge in [-0.3, -0.25) is 4.79 Å². The number of nitrogens with one attached hydrogen (secondary N) is 1. The first-order chi connectivity index (χ1) is 9.88. The largest absolute Gasteiger partial charge is 0.409 e. The van der Waals surface area contributed by atoms with Crippen molar-refractivity contribution in [2.45, 2.75) is 18.4 Å². The number of nitrogens with zero attached hydrogens (tertiary/aromatic N) is 2. The fourth-order valence-electron chi connectivity index (χ4n) is 2.28. The number of hydrogen-bond acceptors (Lipinski definition) is 5. The second-order valence-electron chi connectivity index (χ2n) is 5.06. The highest BCUT2D eigenvalue weighted by molar-refractivity contribution is 9.13. The second-order valence-corrected chi connectivity index (χ2v) is 8.28.